The molecule has 0 aliphatic rings. The predicted octanol–water partition coefficient (Wildman–Crippen LogP) is 4.55. The summed E-state index contributed by atoms with van der Waals surface area (Å²) in [4.78, 5) is 14.2. The molecule has 5 nitrogen and oxygen atoms in total. The van der Waals surface area contributed by atoms with Crippen molar-refractivity contribution in [3.8, 4) is 11.5 Å². The van der Waals surface area contributed by atoms with Crippen LogP contribution in [0, 0.1) is 0 Å². The van der Waals surface area contributed by atoms with Gasteiger partial charge in [-0.1, -0.05) is 12.1 Å². The van der Waals surface area contributed by atoms with E-state index in [4.69, 9.17) is 4.42 Å². The average molecular weight is 391 g/mol. The first-order chi connectivity index (χ1) is 13.2. The molecule has 0 unspecified atom stereocenters. The molecule has 0 spiro atoms. The molecule has 0 saturated heterocycles. The van der Waals surface area contributed by atoms with E-state index in [9.17, 15) is 28.2 Å². The molecule has 3 rings (SSSR count). The van der Waals surface area contributed by atoms with Crippen LogP contribution in [-0.2, 0) is 19.3 Å². The Labute approximate surface area is 158 Å². The summed E-state index contributed by atoms with van der Waals surface area (Å²) < 4.78 is 43.6. The average Bonchev–Trinajstić information content (AvgIpc) is 3.15. The van der Waals surface area contributed by atoms with Crippen LogP contribution in [0.5, 0.6) is 11.5 Å². The number of furan rings is 1. The van der Waals surface area contributed by atoms with Crippen LogP contribution < -0.4 is 0 Å². The van der Waals surface area contributed by atoms with Gasteiger partial charge in [-0.05, 0) is 48.0 Å². The SMILES string of the molecule is O=C(c1ccc(C(F)(F)F)cc1O)N(Cc1ccc(O)cc1)Cc1ccco1. The molecule has 1 heterocycles. The number of carbonyl (C=O) groups excluding carboxylic acids is 1. The van der Waals surface area contributed by atoms with Crippen molar-refractivity contribution in [1.82, 2.24) is 4.90 Å². The Morgan fingerprint density at radius 1 is 1.00 bits per heavy atom. The smallest absolute Gasteiger partial charge is 0.416 e. The van der Waals surface area contributed by atoms with Crippen LogP contribution >= 0.6 is 0 Å². The maximum atomic E-state index is 12.9. The summed E-state index contributed by atoms with van der Waals surface area (Å²) >= 11 is 0. The van der Waals surface area contributed by atoms with E-state index in [0.717, 1.165) is 12.1 Å². The van der Waals surface area contributed by atoms with Crippen molar-refractivity contribution in [1.29, 1.82) is 0 Å². The van der Waals surface area contributed by atoms with Crippen molar-refractivity contribution in [2.75, 3.05) is 0 Å². The van der Waals surface area contributed by atoms with Gasteiger partial charge in [-0.25, -0.2) is 0 Å². The summed E-state index contributed by atoms with van der Waals surface area (Å²) in [5.74, 6) is -0.878. The second kappa shape index (κ2) is 7.67. The Balaban J connectivity index is 1.90. The molecule has 8 heteroatoms. The van der Waals surface area contributed by atoms with Crippen molar-refractivity contribution in [3.63, 3.8) is 0 Å². The van der Waals surface area contributed by atoms with E-state index in [1.807, 2.05) is 0 Å². The lowest BCUT2D eigenvalue weighted by Crippen LogP contribution is -2.30. The van der Waals surface area contributed by atoms with E-state index in [1.165, 1.54) is 23.3 Å². The Morgan fingerprint density at radius 3 is 2.29 bits per heavy atom. The molecule has 28 heavy (non-hydrogen) atoms. The molecule has 2 N–H and O–H groups in total. The first-order valence-corrected chi connectivity index (χ1v) is 8.24. The van der Waals surface area contributed by atoms with E-state index < -0.39 is 23.4 Å². The highest BCUT2D eigenvalue weighted by atomic mass is 19.4. The molecule has 1 amide bonds. The summed E-state index contributed by atoms with van der Waals surface area (Å²) in [6, 6.07) is 11.7. The zero-order valence-electron chi connectivity index (χ0n) is 14.5. The van der Waals surface area contributed by atoms with Crippen molar-refractivity contribution < 1.29 is 32.6 Å². The van der Waals surface area contributed by atoms with Crippen molar-refractivity contribution >= 4 is 5.91 Å². The zero-order chi connectivity index (χ0) is 20.3. The van der Waals surface area contributed by atoms with Gasteiger partial charge in [-0.15, -0.1) is 0 Å². The number of nitrogens with zero attached hydrogens (tertiary/aromatic N) is 1. The normalized spacial score (nSPS) is 11.4. The fraction of sp³-hybridized carbons (Fsp3) is 0.150. The van der Waals surface area contributed by atoms with Gasteiger partial charge in [-0.2, -0.15) is 13.2 Å². The lowest BCUT2D eigenvalue weighted by molar-refractivity contribution is -0.137. The minimum Gasteiger partial charge on any atom is -0.508 e. The van der Waals surface area contributed by atoms with Gasteiger partial charge in [0.25, 0.3) is 5.91 Å². The second-order valence-electron chi connectivity index (χ2n) is 6.14. The molecule has 0 saturated carbocycles. The van der Waals surface area contributed by atoms with Crippen LogP contribution in [0.15, 0.2) is 65.3 Å². The standard InChI is InChI=1S/C20H16F3NO4/c21-20(22,23)14-5-8-17(18(26)10-14)19(27)24(12-16-2-1-9-28-16)11-13-3-6-15(25)7-4-13/h1-10,25-26H,11-12H2. The Morgan fingerprint density at radius 2 is 1.71 bits per heavy atom. The number of hydrogen-bond acceptors (Lipinski definition) is 4. The van der Waals surface area contributed by atoms with Crippen LogP contribution in [0.2, 0.25) is 0 Å². The van der Waals surface area contributed by atoms with Gasteiger partial charge in [0, 0.05) is 6.54 Å². The van der Waals surface area contributed by atoms with Crippen LogP contribution in [0.1, 0.15) is 27.2 Å². The number of alkyl halides is 3. The van der Waals surface area contributed by atoms with Crippen LogP contribution in [0.3, 0.4) is 0 Å². The molecule has 146 valence electrons. The molecular formula is C20H16F3NO4. The van der Waals surface area contributed by atoms with E-state index in [1.54, 1.807) is 24.3 Å². The number of amides is 1. The minimum atomic E-state index is -4.63. The Bertz CT molecular complexity index is 951. The number of rotatable bonds is 5. The van der Waals surface area contributed by atoms with Crippen molar-refractivity contribution in [2.24, 2.45) is 0 Å². The highest BCUT2D eigenvalue weighted by Gasteiger charge is 2.32. The lowest BCUT2D eigenvalue weighted by Gasteiger charge is -2.23. The summed E-state index contributed by atoms with van der Waals surface area (Å²) in [7, 11) is 0. The number of aromatic hydroxyl groups is 2. The molecule has 0 aliphatic carbocycles. The summed E-state index contributed by atoms with van der Waals surface area (Å²) in [5, 5.41) is 19.4. The first kappa shape index (κ1) is 19.3. The van der Waals surface area contributed by atoms with E-state index >= 15 is 0 Å². The quantitative estimate of drug-likeness (QED) is 0.669. The van der Waals surface area contributed by atoms with Gasteiger partial charge in [-0.3, -0.25) is 4.79 Å². The van der Waals surface area contributed by atoms with E-state index in [0.29, 0.717) is 17.4 Å². The van der Waals surface area contributed by atoms with Crippen molar-refractivity contribution in [2.45, 2.75) is 19.3 Å². The van der Waals surface area contributed by atoms with Gasteiger partial charge in [0.1, 0.15) is 17.3 Å². The highest BCUT2D eigenvalue weighted by molar-refractivity contribution is 5.96. The molecule has 0 bridgehead atoms. The monoisotopic (exact) mass is 391 g/mol. The molecule has 0 atom stereocenters. The molecule has 3 aromatic rings. The van der Waals surface area contributed by atoms with Crippen LogP contribution in [-0.4, -0.2) is 21.0 Å². The Kier molecular flexibility index (Phi) is 5.30. The maximum absolute atomic E-state index is 12.9. The number of phenols is 2. The van der Waals surface area contributed by atoms with Crippen molar-refractivity contribution in [3.05, 3.63) is 83.3 Å². The minimum absolute atomic E-state index is 0.0488. The fourth-order valence-electron chi connectivity index (χ4n) is 2.67. The lowest BCUT2D eigenvalue weighted by atomic mass is 10.1. The molecule has 0 aliphatic heterocycles. The first-order valence-electron chi connectivity index (χ1n) is 8.24. The fourth-order valence-corrected chi connectivity index (χ4v) is 2.67. The van der Waals surface area contributed by atoms with Gasteiger partial charge in [0.2, 0.25) is 0 Å². The molecular weight excluding hydrogens is 375 g/mol. The number of phenolic OH excluding ortho intramolecular Hbond substituents is 2. The highest BCUT2D eigenvalue weighted by Crippen LogP contribution is 2.33. The third-order valence-electron chi connectivity index (χ3n) is 4.08. The summed E-state index contributed by atoms with van der Waals surface area (Å²) in [6.07, 6.45) is -3.19. The van der Waals surface area contributed by atoms with Gasteiger partial charge in [0.15, 0.2) is 0 Å². The molecule has 0 radical (unpaired) electrons. The van der Waals surface area contributed by atoms with Crippen LogP contribution in [0.25, 0.3) is 0 Å². The predicted molar refractivity (Wildman–Crippen MR) is 93.5 cm³/mol. The van der Waals surface area contributed by atoms with E-state index in [-0.39, 0.29) is 24.4 Å². The second-order valence-corrected chi connectivity index (χ2v) is 6.14. The molecule has 0 fully saturated rings. The van der Waals surface area contributed by atoms with Gasteiger partial charge >= 0.3 is 6.18 Å². The number of carbonyl (C=O) groups is 1. The number of hydrogen-bond donors (Lipinski definition) is 2. The topological polar surface area (TPSA) is 73.9 Å². The van der Waals surface area contributed by atoms with Crippen LogP contribution in [0.4, 0.5) is 13.2 Å². The molecule has 2 aromatic carbocycles. The molecule has 1 aromatic heterocycles. The number of halogens is 3. The maximum Gasteiger partial charge on any atom is 0.416 e. The third kappa shape index (κ3) is 4.46. The largest absolute Gasteiger partial charge is 0.508 e. The summed E-state index contributed by atoms with van der Waals surface area (Å²) in [6.45, 7) is 0.146. The zero-order valence-corrected chi connectivity index (χ0v) is 14.5. The third-order valence-corrected chi connectivity index (χ3v) is 4.08. The van der Waals surface area contributed by atoms with Gasteiger partial charge in [0.05, 0.1) is 23.9 Å². The van der Waals surface area contributed by atoms with E-state index in [2.05, 4.69) is 0 Å². The van der Waals surface area contributed by atoms with Gasteiger partial charge < -0.3 is 19.5 Å². The number of benzene rings is 2. The Hall–Kier alpha value is -3.42. The summed E-state index contributed by atoms with van der Waals surface area (Å²) in [5.41, 5.74) is -0.611.